The van der Waals surface area contributed by atoms with Crippen molar-refractivity contribution in [2.45, 2.75) is 27.3 Å². The van der Waals surface area contributed by atoms with Gasteiger partial charge in [-0.3, -0.25) is 13.9 Å². The summed E-state index contributed by atoms with van der Waals surface area (Å²) >= 11 is 0. The van der Waals surface area contributed by atoms with Crippen molar-refractivity contribution in [2.75, 3.05) is 0 Å². The number of nitrogens with zero attached hydrogens (tertiary/aromatic N) is 4. The molecule has 0 saturated carbocycles. The molecule has 0 aliphatic rings. The molecule has 0 bridgehead atoms. The van der Waals surface area contributed by atoms with Crippen LogP contribution in [0.2, 0.25) is 0 Å². The lowest BCUT2D eigenvalue weighted by Crippen LogP contribution is -2.37. The van der Waals surface area contributed by atoms with E-state index >= 15 is 0 Å². The fraction of sp³-hybridized carbons (Fsp3) is 0.545. The second-order valence-corrected chi connectivity index (χ2v) is 3.41. The Morgan fingerprint density at radius 1 is 1.18 bits per heavy atom. The summed E-state index contributed by atoms with van der Waals surface area (Å²) in [6.45, 7) is 6.58. The number of hydrogen-bond donors (Lipinski definition) is 0. The molecule has 6 heteroatoms. The summed E-state index contributed by atoms with van der Waals surface area (Å²) in [6.07, 6.45) is 1.57. The van der Waals surface area contributed by atoms with Crippen molar-refractivity contribution in [1.29, 1.82) is 0 Å². The number of aromatic nitrogens is 4. The van der Waals surface area contributed by atoms with Crippen molar-refractivity contribution in [3.8, 4) is 0 Å². The third-order valence-corrected chi connectivity index (χ3v) is 2.56. The second kappa shape index (κ2) is 4.99. The van der Waals surface area contributed by atoms with Crippen LogP contribution in [0, 0.1) is 0 Å². The standard InChI is InChI=1S/C9H12N4O2.C2H6/c1-4-13-5-10-7-6(13)8(14)12(3)9(15)11(7)2;1-2/h5H,4H2,1-3H3;1-2H3. The van der Waals surface area contributed by atoms with Crippen molar-refractivity contribution < 1.29 is 0 Å². The van der Waals surface area contributed by atoms with E-state index < -0.39 is 0 Å². The van der Waals surface area contributed by atoms with E-state index in [9.17, 15) is 9.59 Å². The van der Waals surface area contributed by atoms with Gasteiger partial charge in [0.15, 0.2) is 11.2 Å². The summed E-state index contributed by atoms with van der Waals surface area (Å²) in [5.74, 6) is 0. The van der Waals surface area contributed by atoms with Crippen LogP contribution in [0.25, 0.3) is 11.2 Å². The molecular weight excluding hydrogens is 220 g/mol. The first kappa shape index (κ1) is 13.2. The zero-order chi connectivity index (χ0) is 13.2. The molecule has 0 fully saturated rings. The quantitative estimate of drug-likeness (QED) is 0.726. The molecule has 2 aromatic rings. The van der Waals surface area contributed by atoms with Crippen LogP contribution in [-0.4, -0.2) is 18.7 Å². The SMILES string of the molecule is CC.CCn1cnc2c1c(=O)n(C)c(=O)n2C. The number of aryl methyl sites for hydroxylation is 2. The Morgan fingerprint density at radius 2 is 1.76 bits per heavy atom. The Morgan fingerprint density at radius 3 is 2.29 bits per heavy atom. The summed E-state index contributed by atoms with van der Waals surface area (Å²) in [5, 5.41) is 0. The summed E-state index contributed by atoms with van der Waals surface area (Å²) in [4.78, 5) is 27.5. The highest BCUT2D eigenvalue weighted by atomic mass is 16.2. The monoisotopic (exact) mass is 238 g/mol. The predicted octanol–water partition coefficient (Wildman–Crippen LogP) is 0.480. The van der Waals surface area contributed by atoms with Gasteiger partial charge in [-0.1, -0.05) is 13.8 Å². The van der Waals surface area contributed by atoms with Crippen LogP contribution in [0.1, 0.15) is 20.8 Å². The summed E-state index contributed by atoms with van der Waals surface area (Å²) in [5.41, 5.74) is 0.258. The summed E-state index contributed by atoms with van der Waals surface area (Å²) in [6, 6.07) is 0. The maximum atomic E-state index is 11.8. The van der Waals surface area contributed by atoms with E-state index in [1.807, 2.05) is 20.8 Å². The van der Waals surface area contributed by atoms with E-state index in [4.69, 9.17) is 0 Å². The van der Waals surface area contributed by atoms with Gasteiger partial charge in [0.25, 0.3) is 5.56 Å². The van der Waals surface area contributed by atoms with Gasteiger partial charge in [-0.25, -0.2) is 9.78 Å². The molecule has 0 aliphatic carbocycles. The van der Waals surface area contributed by atoms with Gasteiger partial charge in [0.2, 0.25) is 0 Å². The molecule has 0 unspecified atom stereocenters. The van der Waals surface area contributed by atoms with Crippen LogP contribution in [0.3, 0.4) is 0 Å². The van der Waals surface area contributed by atoms with Gasteiger partial charge in [-0.2, -0.15) is 0 Å². The van der Waals surface area contributed by atoms with Crippen molar-refractivity contribution in [3.05, 3.63) is 27.2 Å². The number of rotatable bonds is 1. The molecule has 0 N–H and O–H groups in total. The van der Waals surface area contributed by atoms with Crippen LogP contribution in [-0.2, 0) is 20.6 Å². The molecule has 2 aromatic heterocycles. The average molecular weight is 238 g/mol. The van der Waals surface area contributed by atoms with Gasteiger partial charge in [0.05, 0.1) is 6.33 Å². The summed E-state index contributed by atoms with van der Waals surface area (Å²) in [7, 11) is 3.08. The molecule has 17 heavy (non-hydrogen) atoms. The lowest BCUT2D eigenvalue weighted by atomic mass is 10.5. The molecule has 0 atom stereocenters. The molecule has 0 spiro atoms. The molecule has 2 heterocycles. The largest absolute Gasteiger partial charge is 0.332 e. The van der Waals surface area contributed by atoms with Crippen molar-refractivity contribution in [3.63, 3.8) is 0 Å². The van der Waals surface area contributed by atoms with Gasteiger partial charge in [-0.05, 0) is 6.92 Å². The highest BCUT2D eigenvalue weighted by Crippen LogP contribution is 2.04. The number of fused-ring (bicyclic) bond motifs is 1. The molecule has 0 saturated heterocycles. The first-order valence-electron chi connectivity index (χ1n) is 5.68. The maximum absolute atomic E-state index is 11.8. The van der Waals surface area contributed by atoms with E-state index in [0.29, 0.717) is 17.7 Å². The van der Waals surface area contributed by atoms with E-state index in [1.54, 1.807) is 17.9 Å². The molecular formula is C11H18N4O2. The Labute approximate surface area is 99.1 Å². The van der Waals surface area contributed by atoms with Crippen LogP contribution in [0.15, 0.2) is 15.9 Å². The van der Waals surface area contributed by atoms with Gasteiger partial charge in [-0.15, -0.1) is 0 Å². The fourth-order valence-electron chi connectivity index (χ4n) is 1.64. The zero-order valence-corrected chi connectivity index (χ0v) is 10.9. The van der Waals surface area contributed by atoms with E-state index in [-0.39, 0.29) is 11.2 Å². The van der Waals surface area contributed by atoms with Gasteiger partial charge >= 0.3 is 5.69 Å². The minimum Gasteiger partial charge on any atom is -0.325 e. The van der Waals surface area contributed by atoms with Gasteiger partial charge < -0.3 is 4.57 Å². The Bertz CT molecular complexity index is 633. The zero-order valence-electron chi connectivity index (χ0n) is 10.9. The molecule has 0 amide bonds. The third kappa shape index (κ3) is 1.90. The smallest absolute Gasteiger partial charge is 0.325 e. The molecule has 0 radical (unpaired) electrons. The Kier molecular flexibility index (Phi) is 3.88. The first-order chi connectivity index (χ1) is 8.07. The Balaban J connectivity index is 0.000000686. The average Bonchev–Trinajstić information content (AvgIpc) is 2.80. The number of imidazole rings is 1. The lowest BCUT2D eigenvalue weighted by molar-refractivity contribution is 0.699. The molecule has 2 rings (SSSR count). The topological polar surface area (TPSA) is 61.8 Å². The summed E-state index contributed by atoms with van der Waals surface area (Å²) < 4.78 is 4.20. The van der Waals surface area contributed by atoms with Crippen molar-refractivity contribution >= 4 is 11.2 Å². The molecule has 0 aromatic carbocycles. The van der Waals surface area contributed by atoms with Crippen LogP contribution in [0.4, 0.5) is 0 Å². The molecule has 0 aliphatic heterocycles. The van der Waals surface area contributed by atoms with E-state index in [1.165, 1.54) is 11.6 Å². The van der Waals surface area contributed by atoms with Crippen LogP contribution in [0.5, 0.6) is 0 Å². The third-order valence-electron chi connectivity index (χ3n) is 2.56. The lowest BCUT2D eigenvalue weighted by Gasteiger charge is -2.04. The van der Waals surface area contributed by atoms with Gasteiger partial charge in [0.1, 0.15) is 0 Å². The van der Waals surface area contributed by atoms with Crippen LogP contribution >= 0.6 is 0 Å². The van der Waals surface area contributed by atoms with E-state index in [2.05, 4.69) is 4.98 Å². The van der Waals surface area contributed by atoms with Crippen LogP contribution < -0.4 is 11.2 Å². The minimum atomic E-state index is -0.353. The predicted molar refractivity (Wildman–Crippen MR) is 67.2 cm³/mol. The number of hydrogen-bond acceptors (Lipinski definition) is 3. The van der Waals surface area contributed by atoms with Gasteiger partial charge in [0, 0.05) is 20.6 Å². The molecule has 94 valence electrons. The maximum Gasteiger partial charge on any atom is 0.332 e. The van der Waals surface area contributed by atoms with Crippen molar-refractivity contribution in [1.82, 2.24) is 18.7 Å². The highest BCUT2D eigenvalue weighted by Gasteiger charge is 2.12. The normalized spacial score (nSPS) is 10.2. The fourth-order valence-corrected chi connectivity index (χ4v) is 1.64. The highest BCUT2D eigenvalue weighted by molar-refractivity contribution is 5.69. The van der Waals surface area contributed by atoms with E-state index in [0.717, 1.165) is 4.57 Å². The van der Waals surface area contributed by atoms with Crippen molar-refractivity contribution in [2.24, 2.45) is 14.1 Å². The molecule has 6 nitrogen and oxygen atoms in total. The Hall–Kier alpha value is -1.85. The second-order valence-electron chi connectivity index (χ2n) is 3.41. The first-order valence-corrected chi connectivity index (χ1v) is 5.68. The minimum absolute atomic E-state index is 0.299.